The highest BCUT2D eigenvalue weighted by atomic mass is 35.5. The number of aryl methyl sites for hydroxylation is 1. The maximum absolute atomic E-state index is 13.2. The fourth-order valence-electron chi connectivity index (χ4n) is 4.18. The zero-order chi connectivity index (χ0) is 24.6. The van der Waals surface area contributed by atoms with Crippen molar-refractivity contribution in [1.29, 1.82) is 0 Å². The smallest absolute Gasteiger partial charge is 0.274 e. The summed E-state index contributed by atoms with van der Waals surface area (Å²) in [5, 5.41) is 0.721. The highest BCUT2D eigenvalue weighted by Crippen LogP contribution is 2.26. The van der Waals surface area contributed by atoms with Crippen molar-refractivity contribution in [2.24, 2.45) is 0 Å². The number of halogens is 1. The molecular formula is C27H30ClN5O2. The second kappa shape index (κ2) is 11.8. The number of hydrogen-bond donors (Lipinski definition) is 0. The number of piperazine rings is 1. The fourth-order valence-corrected chi connectivity index (χ4v) is 4.44. The molecule has 0 saturated carbocycles. The Morgan fingerprint density at radius 2 is 1.63 bits per heavy atom. The van der Waals surface area contributed by atoms with Crippen molar-refractivity contribution >= 4 is 29.1 Å². The van der Waals surface area contributed by atoms with Gasteiger partial charge in [-0.05, 0) is 31.0 Å². The van der Waals surface area contributed by atoms with Crippen molar-refractivity contribution in [1.82, 2.24) is 19.8 Å². The van der Waals surface area contributed by atoms with Gasteiger partial charge < -0.3 is 14.7 Å². The van der Waals surface area contributed by atoms with Gasteiger partial charge >= 0.3 is 0 Å². The molecular weight excluding hydrogens is 462 g/mol. The highest BCUT2D eigenvalue weighted by molar-refractivity contribution is 6.33. The summed E-state index contributed by atoms with van der Waals surface area (Å²) in [6.45, 7) is 5.39. The van der Waals surface area contributed by atoms with Gasteiger partial charge in [-0.1, -0.05) is 54.1 Å². The molecule has 8 heteroatoms. The Hall–Kier alpha value is -3.45. The Balaban J connectivity index is 1.35. The zero-order valence-electron chi connectivity index (χ0n) is 19.9. The number of nitrogens with zero attached hydrogens (tertiary/aromatic N) is 5. The fraction of sp³-hybridized carbons (Fsp3) is 0.333. The van der Waals surface area contributed by atoms with Crippen LogP contribution >= 0.6 is 11.6 Å². The second-order valence-electron chi connectivity index (χ2n) is 8.64. The molecule has 0 atom stereocenters. The van der Waals surface area contributed by atoms with Crippen LogP contribution in [0.15, 0.2) is 67.0 Å². The van der Waals surface area contributed by atoms with Crippen LogP contribution in [0.1, 0.15) is 28.2 Å². The molecule has 4 rings (SSSR count). The quantitative estimate of drug-likeness (QED) is 0.478. The molecule has 0 N–H and O–H groups in total. The van der Waals surface area contributed by atoms with E-state index in [-0.39, 0.29) is 18.2 Å². The van der Waals surface area contributed by atoms with Gasteiger partial charge in [0.1, 0.15) is 5.69 Å². The average Bonchev–Trinajstić information content (AvgIpc) is 2.89. The molecule has 0 radical (unpaired) electrons. The third kappa shape index (κ3) is 6.57. The number of para-hydroxylation sites is 1. The maximum Gasteiger partial charge on any atom is 0.274 e. The van der Waals surface area contributed by atoms with E-state index in [1.165, 1.54) is 6.20 Å². The van der Waals surface area contributed by atoms with E-state index in [1.807, 2.05) is 66.4 Å². The van der Waals surface area contributed by atoms with Gasteiger partial charge in [-0.3, -0.25) is 14.6 Å². The lowest BCUT2D eigenvalue weighted by atomic mass is 10.1. The summed E-state index contributed by atoms with van der Waals surface area (Å²) in [4.78, 5) is 40.4. The summed E-state index contributed by atoms with van der Waals surface area (Å²) in [6, 6.07) is 17.8. The summed E-state index contributed by atoms with van der Waals surface area (Å²) in [7, 11) is 0. The van der Waals surface area contributed by atoms with Crippen LogP contribution in [0.5, 0.6) is 0 Å². The van der Waals surface area contributed by atoms with Gasteiger partial charge in [-0.25, -0.2) is 4.98 Å². The topological polar surface area (TPSA) is 69.6 Å². The number of carbonyl (C=O) groups excluding carboxylic acids is 2. The lowest BCUT2D eigenvalue weighted by molar-refractivity contribution is -0.131. The van der Waals surface area contributed by atoms with Crippen molar-refractivity contribution in [2.45, 2.75) is 19.8 Å². The molecule has 0 bridgehead atoms. The van der Waals surface area contributed by atoms with Gasteiger partial charge in [0.25, 0.3) is 5.91 Å². The molecule has 35 heavy (non-hydrogen) atoms. The number of amides is 2. The van der Waals surface area contributed by atoms with E-state index < -0.39 is 0 Å². The van der Waals surface area contributed by atoms with Gasteiger partial charge in [0, 0.05) is 51.9 Å². The van der Waals surface area contributed by atoms with Crippen molar-refractivity contribution in [3.05, 3.63) is 89.0 Å². The normalized spacial score (nSPS) is 13.5. The SMILES string of the molecule is Cc1cnc(C(=O)N(CCC(=O)N2CCN(c3ccccc3Cl)CC2)CCc2ccccc2)cn1. The van der Waals surface area contributed by atoms with E-state index >= 15 is 0 Å². The zero-order valence-corrected chi connectivity index (χ0v) is 20.7. The van der Waals surface area contributed by atoms with E-state index in [2.05, 4.69) is 14.9 Å². The minimum Gasteiger partial charge on any atom is -0.367 e. The molecule has 2 amide bonds. The summed E-state index contributed by atoms with van der Waals surface area (Å²) in [6.07, 6.45) is 4.07. The lowest BCUT2D eigenvalue weighted by Crippen LogP contribution is -2.49. The number of hydrogen-bond acceptors (Lipinski definition) is 5. The van der Waals surface area contributed by atoms with Crippen LogP contribution in [0.4, 0.5) is 5.69 Å². The molecule has 2 heterocycles. The van der Waals surface area contributed by atoms with Gasteiger partial charge in [0.2, 0.25) is 5.91 Å². The van der Waals surface area contributed by atoms with Crippen LogP contribution in [0.2, 0.25) is 5.02 Å². The number of aromatic nitrogens is 2. The van der Waals surface area contributed by atoms with Crippen LogP contribution in [0.3, 0.4) is 0 Å². The van der Waals surface area contributed by atoms with E-state index in [4.69, 9.17) is 11.6 Å². The van der Waals surface area contributed by atoms with Crippen LogP contribution in [0.25, 0.3) is 0 Å². The van der Waals surface area contributed by atoms with E-state index in [0.29, 0.717) is 38.3 Å². The molecule has 7 nitrogen and oxygen atoms in total. The van der Waals surface area contributed by atoms with Crippen LogP contribution in [-0.2, 0) is 11.2 Å². The predicted octanol–water partition coefficient (Wildman–Crippen LogP) is 3.86. The van der Waals surface area contributed by atoms with Crippen LogP contribution in [0, 0.1) is 6.92 Å². The van der Waals surface area contributed by atoms with Crippen molar-refractivity contribution in [2.75, 3.05) is 44.2 Å². The summed E-state index contributed by atoms with van der Waals surface area (Å²) in [5.41, 5.74) is 3.19. The van der Waals surface area contributed by atoms with Crippen molar-refractivity contribution < 1.29 is 9.59 Å². The molecule has 3 aromatic rings. The number of carbonyl (C=O) groups is 2. The molecule has 1 fully saturated rings. The van der Waals surface area contributed by atoms with Crippen LogP contribution in [-0.4, -0.2) is 70.9 Å². The average molecular weight is 492 g/mol. The van der Waals surface area contributed by atoms with Gasteiger partial charge in [-0.15, -0.1) is 0 Å². The van der Waals surface area contributed by atoms with Crippen LogP contribution < -0.4 is 4.90 Å². The molecule has 1 saturated heterocycles. The second-order valence-corrected chi connectivity index (χ2v) is 9.05. The van der Waals surface area contributed by atoms with E-state index in [0.717, 1.165) is 35.1 Å². The summed E-state index contributed by atoms with van der Waals surface area (Å²) < 4.78 is 0. The number of anilines is 1. The predicted molar refractivity (Wildman–Crippen MR) is 138 cm³/mol. The molecule has 0 aliphatic carbocycles. The molecule has 0 unspecified atom stereocenters. The molecule has 182 valence electrons. The third-order valence-corrected chi connectivity index (χ3v) is 6.54. The monoisotopic (exact) mass is 491 g/mol. The Bertz CT molecular complexity index is 1130. The maximum atomic E-state index is 13.2. The minimum absolute atomic E-state index is 0.0521. The largest absolute Gasteiger partial charge is 0.367 e. The van der Waals surface area contributed by atoms with E-state index in [1.54, 1.807) is 11.1 Å². The standard InChI is InChI=1S/C27H30ClN5O2/c1-21-19-30-24(20-29-21)27(35)33(13-11-22-7-3-2-4-8-22)14-12-26(34)32-17-15-31(16-18-32)25-10-6-5-9-23(25)28/h2-10,19-20H,11-18H2,1H3. The lowest BCUT2D eigenvalue weighted by Gasteiger charge is -2.36. The van der Waals surface area contributed by atoms with Gasteiger partial charge in [-0.2, -0.15) is 0 Å². The Kier molecular flexibility index (Phi) is 8.32. The summed E-state index contributed by atoms with van der Waals surface area (Å²) >= 11 is 6.33. The first-order chi connectivity index (χ1) is 17.0. The highest BCUT2D eigenvalue weighted by Gasteiger charge is 2.24. The molecule has 0 spiro atoms. The number of benzene rings is 2. The molecule has 1 aromatic heterocycles. The van der Waals surface area contributed by atoms with Gasteiger partial charge in [0.15, 0.2) is 0 Å². The Morgan fingerprint density at radius 1 is 0.914 bits per heavy atom. The first kappa shape index (κ1) is 24.7. The minimum atomic E-state index is -0.204. The molecule has 2 aromatic carbocycles. The first-order valence-electron chi connectivity index (χ1n) is 11.9. The van der Waals surface area contributed by atoms with Gasteiger partial charge in [0.05, 0.1) is 22.6 Å². The first-order valence-corrected chi connectivity index (χ1v) is 12.3. The van der Waals surface area contributed by atoms with Crippen molar-refractivity contribution in [3.63, 3.8) is 0 Å². The summed E-state index contributed by atoms with van der Waals surface area (Å²) in [5.74, 6) is -0.152. The van der Waals surface area contributed by atoms with E-state index in [9.17, 15) is 9.59 Å². The molecule has 1 aliphatic rings. The number of rotatable bonds is 8. The molecule has 1 aliphatic heterocycles. The Morgan fingerprint density at radius 3 is 2.31 bits per heavy atom. The Labute approximate surface area is 211 Å². The van der Waals surface area contributed by atoms with Crippen molar-refractivity contribution in [3.8, 4) is 0 Å². The third-order valence-electron chi connectivity index (χ3n) is 6.22.